The highest BCUT2D eigenvalue weighted by molar-refractivity contribution is 9.10. The molecule has 0 fully saturated rings. The maximum Gasteiger partial charge on any atom is 0.344 e. The molecule has 6 nitrogen and oxygen atoms in total. The van der Waals surface area contributed by atoms with Crippen LogP contribution in [-0.2, 0) is 22.8 Å². The van der Waals surface area contributed by atoms with E-state index in [9.17, 15) is 4.79 Å². The van der Waals surface area contributed by atoms with E-state index in [4.69, 9.17) is 14.7 Å². The predicted molar refractivity (Wildman–Crippen MR) is 112 cm³/mol. The summed E-state index contributed by atoms with van der Waals surface area (Å²) in [5.74, 6) is -0.345. The molecule has 0 bridgehead atoms. The summed E-state index contributed by atoms with van der Waals surface area (Å²) in [6.45, 7) is 4.39. The van der Waals surface area contributed by atoms with Crippen LogP contribution < -0.4 is 4.74 Å². The average molecular weight is 443 g/mol. The molecule has 0 aliphatic rings. The van der Waals surface area contributed by atoms with Gasteiger partial charge in [0.25, 0.3) is 0 Å². The van der Waals surface area contributed by atoms with E-state index in [1.807, 2.05) is 53.2 Å². The molecule has 0 saturated heterocycles. The fourth-order valence-corrected chi connectivity index (χ4v) is 2.98. The van der Waals surface area contributed by atoms with Crippen LogP contribution in [-0.4, -0.2) is 28.5 Å². The van der Waals surface area contributed by atoms with E-state index in [-0.39, 0.29) is 0 Å². The number of fused-ring (bicyclic) bond motifs is 1. The van der Waals surface area contributed by atoms with Crippen molar-refractivity contribution in [2.75, 3.05) is 6.61 Å². The summed E-state index contributed by atoms with van der Waals surface area (Å²) in [6, 6.07) is 13.8. The summed E-state index contributed by atoms with van der Waals surface area (Å²) in [5, 5.41) is 13.3. The number of ether oxygens (including phenoxy) is 1. The molecule has 0 amide bonds. The van der Waals surface area contributed by atoms with Gasteiger partial charge in [0.1, 0.15) is 12.4 Å². The van der Waals surface area contributed by atoms with Gasteiger partial charge in [-0.25, -0.2) is 4.79 Å². The van der Waals surface area contributed by atoms with Crippen molar-refractivity contribution in [3.63, 3.8) is 0 Å². The Morgan fingerprint density at radius 1 is 1.25 bits per heavy atom. The van der Waals surface area contributed by atoms with Crippen LogP contribution in [0.1, 0.15) is 11.1 Å². The molecular weight excluding hydrogens is 424 g/mol. The lowest BCUT2D eigenvalue weighted by Crippen LogP contribution is -2.03. The SMILES string of the molecule is C=CCn1cc(C=NOCC(=O)O)c2cc(OCc3ccc(Br)cc3)ccc21. The lowest BCUT2D eigenvalue weighted by atomic mass is 10.2. The number of hydrogen-bond acceptors (Lipinski definition) is 4. The molecule has 0 unspecified atom stereocenters. The van der Waals surface area contributed by atoms with Crippen LogP contribution in [0.25, 0.3) is 10.9 Å². The summed E-state index contributed by atoms with van der Waals surface area (Å²) in [6.07, 6.45) is 5.22. The zero-order valence-corrected chi connectivity index (χ0v) is 16.6. The Kier molecular flexibility index (Phi) is 6.49. The number of carbonyl (C=O) groups is 1. The number of carboxylic acid groups (broad SMARTS) is 1. The summed E-state index contributed by atoms with van der Waals surface area (Å²) < 4.78 is 8.97. The number of aromatic nitrogens is 1. The lowest BCUT2D eigenvalue weighted by molar-refractivity contribution is -0.142. The molecule has 0 saturated carbocycles. The van der Waals surface area contributed by atoms with Crippen molar-refractivity contribution in [1.29, 1.82) is 0 Å². The van der Waals surface area contributed by atoms with E-state index in [0.717, 1.165) is 32.3 Å². The van der Waals surface area contributed by atoms with Gasteiger partial charge in [-0.3, -0.25) is 0 Å². The molecule has 0 radical (unpaired) electrons. The van der Waals surface area contributed by atoms with E-state index < -0.39 is 12.6 Å². The van der Waals surface area contributed by atoms with Gasteiger partial charge < -0.3 is 19.2 Å². The van der Waals surface area contributed by atoms with Crippen molar-refractivity contribution in [2.45, 2.75) is 13.2 Å². The molecule has 28 heavy (non-hydrogen) atoms. The Balaban J connectivity index is 1.83. The third-order valence-electron chi connectivity index (χ3n) is 3.98. The van der Waals surface area contributed by atoms with Gasteiger partial charge in [0.05, 0.1) is 6.21 Å². The molecule has 0 aliphatic carbocycles. The Morgan fingerprint density at radius 3 is 2.75 bits per heavy atom. The predicted octanol–water partition coefficient (Wildman–Crippen LogP) is 4.60. The molecule has 3 rings (SSSR count). The van der Waals surface area contributed by atoms with Crippen molar-refractivity contribution in [2.24, 2.45) is 5.16 Å². The summed E-state index contributed by atoms with van der Waals surface area (Å²) in [7, 11) is 0. The van der Waals surface area contributed by atoms with Crippen molar-refractivity contribution in [3.05, 3.63) is 76.9 Å². The Hall–Kier alpha value is -3.06. The monoisotopic (exact) mass is 442 g/mol. The standard InChI is InChI=1S/C21H19BrN2O4/c1-2-9-24-12-16(11-23-28-14-21(25)26)19-10-18(7-8-20(19)24)27-13-15-3-5-17(22)6-4-15/h2-8,10-12H,1,9,13-14H2,(H,25,26). The highest BCUT2D eigenvalue weighted by Gasteiger charge is 2.09. The minimum absolute atomic E-state index is 0.456. The van der Waals surface area contributed by atoms with Gasteiger partial charge in [-0.1, -0.05) is 39.3 Å². The molecule has 0 aliphatic heterocycles. The highest BCUT2D eigenvalue weighted by Crippen LogP contribution is 2.26. The Labute approximate surface area is 170 Å². The zero-order valence-electron chi connectivity index (χ0n) is 15.0. The van der Waals surface area contributed by atoms with Gasteiger partial charge in [-0.2, -0.15) is 0 Å². The maximum atomic E-state index is 10.5. The van der Waals surface area contributed by atoms with Gasteiger partial charge in [0.2, 0.25) is 6.61 Å². The number of hydrogen-bond donors (Lipinski definition) is 1. The second kappa shape index (κ2) is 9.23. The van der Waals surface area contributed by atoms with Crippen LogP contribution in [0.4, 0.5) is 0 Å². The fourth-order valence-electron chi connectivity index (χ4n) is 2.72. The van der Waals surface area contributed by atoms with Crippen molar-refractivity contribution >= 4 is 39.0 Å². The minimum Gasteiger partial charge on any atom is -0.489 e. The van der Waals surface area contributed by atoms with Crippen molar-refractivity contribution in [3.8, 4) is 5.75 Å². The smallest absolute Gasteiger partial charge is 0.344 e. The van der Waals surface area contributed by atoms with E-state index in [2.05, 4.69) is 27.7 Å². The number of oxime groups is 1. The first-order valence-corrected chi connectivity index (χ1v) is 9.34. The van der Waals surface area contributed by atoms with Crippen LogP contribution in [0.3, 0.4) is 0 Å². The topological polar surface area (TPSA) is 73.1 Å². The number of carboxylic acids is 1. The molecular formula is C21H19BrN2O4. The molecule has 3 aromatic rings. The summed E-state index contributed by atoms with van der Waals surface area (Å²) in [5.41, 5.74) is 2.86. The third-order valence-corrected chi connectivity index (χ3v) is 4.51. The number of halogens is 1. The van der Waals surface area contributed by atoms with Crippen LogP contribution in [0.5, 0.6) is 5.75 Å². The zero-order chi connectivity index (χ0) is 19.9. The quantitative estimate of drug-likeness (QED) is 0.298. The molecule has 1 heterocycles. The van der Waals surface area contributed by atoms with Crippen LogP contribution in [0.15, 0.2) is 70.9 Å². The van der Waals surface area contributed by atoms with Crippen molar-refractivity contribution < 1.29 is 19.5 Å². The lowest BCUT2D eigenvalue weighted by Gasteiger charge is -2.08. The van der Waals surface area contributed by atoms with Crippen molar-refractivity contribution in [1.82, 2.24) is 4.57 Å². The first kappa shape index (κ1) is 19.7. The van der Waals surface area contributed by atoms with Gasteiger partial charge in [-0.05, 0) is 35.9 Å². The normalized spacial score (nSPS) is 11.0. The number of benzene rings is 2. The molecule has 2 aromatic carbocycles. The fraction of sp³-hybridized carbons (Fsp3) is 0.143. The largest absolute Gasteiger partial charge is 0.489 e. The second-order valence-electron chi connectivity index (χ2n) is 6.02. The Morgan fingerprint density at radius 2 is 2.04 bits per heavy atom. The van der Waals surface area contributed by atoms with Gasteiger partial charge in [0, 0.05) is 33.7 Å². The second-order valence-corrected chi connectivity index (χ2v) is 6.94. The molecule has 7 heteroatoms. The van der Waals surface area contributed by atoms with E-state index in [1.54, 1.807) is 6.08 Å². The molecule has 1 N–H and O–H groups in total. The molecule has 0 spiro atoms. The third kappa shape index (κ3) is 5.01. The van der Waals surface area contributed by atoms with Gasteiger partial charge in [-0.15, -0.1) is 6.58 Å². The van der Waals surface area contributed by atoms with E-state index in [0.29, 0.717) is 13.2 Å². The first-order valence-electron chi connectivity index (χ1n) is 8.55. The summed E-state index contributed by atoms with van der Waals surface area (Å²) in [4.78, 5) is 15.3. The Bertz CT molecular complexity index is 1010. The number of nitrogens with zero attached hydrogens (tertiary/aromatic N) is 2. The number of rotatable bonds is 9. The minimum atomic E-state index is -1.07. The van der Waals surface area contributed by atoms with Crippen LogP contribution >= 0.6 is 15.9 Å². The number of aliphatic carboxylic acids is 1. The van der Waals surface area contributed by atoms with Gasteiger partial charge in [0.15, 0.2) is 0 Å². The van der Waals surface area contributed by atoms with Gasteiger partial charge >= 0.3 is 5.97 Å². The highest BCUT2D eigenvalue weighted by atomic mass is 79.9. The number of allylic oxidation sites excluding steroid dienone is 1. The summed E-state index contributed by atoms with van der Waals surface area (Å²) >= 11 is 3.42. The van der Waals surface area contributed by atoms with Crippen LogP contribution in [0, 0.1) is 0 Å². The maximum absolute atomic E-state index is 10.5. The molecule has 144 valence electrons. The molecule has 0 atom stereocenters. The molecule has 1 aromatic heterocycles. The average Bonchev–Trinajstić information content (AvgIpc) is 3.02. The van der Waals surface area contributed by atoms with E-state index >= 15 is 0 Å². The van der Waals surface area contributed by atoms with Crippen LogP contribution in [0.2, 0.25) is 0 Å². The van der Waals surface area contributed by atoms with E-state index in [1.165, 1.54) is 6.21 Å². The first-order chi connectivity index (χ1) is 13.6.